The molecule has 1 aliphatic heterocycles. The molecule has 4 nitrogen and oxygen atoms in total. The molecule has 116 valence electrons. The minimum Gasteiger partial charge on any atom is -0.320 e. The van der Waals surface area contributed by atoms with E-state index < -0.39 is 0 Å². The smallest absolute Gasteiger partial charge is 0.241 e. The van der Waals surface area contributed by atoms with Gasteiger partial charge in [0, 0.05) is 12.6 Å². The number of likely N-dealkylation sites (N-methyl/N-ethyl adjacent to an activating group) is 1. The molecule has 0 radical (unpaired) electrons. The Kier molecular flexibility index (Phi) is 5.01. The van der Waals surface area contributed by atoms with Gasteiger partial charge in [-0.25, -0.2) is 0 Å². The Balaban J connectivity index is 2.20. The molecule has 1 aromatic rings. The molecule has 0 saturated carbocycles. The third kappa shape index (κ3) is 3.44. The summed E-state index contributed by atoms with van der Waals surface area (Å²) in [6.45, 7) is 6.98. The van der Waals surface area contributed by atoms with E-state index in [1.807, 2.05) is 25.9 Å². The molecule has 1 aromatic carbocycles. The van der Waals surface area contributed by atoms with E-state index in [-0.39, 0.29) is 18.1 Å². The Morgan fingerprint density at radius 3 is 2.43 bits per heavy atom. The summed E-state index contributed by atoms with van der Waals surface area (Å²) in [5.41, 5.74) is 2.49. The van der Waals surface area contributed by atoms with Crippen LogP contribution in [0.5, 0.6) is 0 Å². The molecular weight excluding hydrogens is 262 g/mol. The molecule has 1 N–H and O–H groups in total. The van der Waals surface area contributed by atoms with Gasteiger partial charge in [0.1, 0.15) is 6.17 Å². The first-order valence-electron chi connectivity index (χ1n) is 7.75. The van der Waals surface area contributed by atoms with E-state index in [9.17, 15) is 4.79 Å². The van der Waals surface area contributed by atoms with E-state index in [0.29, 0.717) is 6.04 Å². The SMILES string of the molecule is CCc1ccc(C2NC(C)C(=O)N2CC(C)N(C)C)cc1. The lowest BCUT2D eigenvalue weighted by Gasteiger charge is -2.30. The van der Waals surface area contributed by atoms with Crippen LogP contribution in [0.25, 0.3) is 0 Å². The molecule has 3 unspecified atom stereocenters. The number of aryl methyl sites for hydroxylation is 1. The van der Waals surface area contributed by atoms with E-state index in [0.717, 1.165) is 18.5 Å². The highest BCUT2D eigenvalue weighted by atomic mass is 16.2. The zero-order valence-corrected chi connectivity index (χ0v) is 13.8. The number of amides is 1. The Bertz CT molecular complexity index is 483. The summed E-state index contributed by atoms with van der Waals surface area (Å²) in [7, 11) is 4.10. The summed E-state index contributed by atoms with van der Waals surface area (Å²) in [5, 5.41) is 3.41. The van der Waals surface area contributed by atoms with Crippen molar-refractivity contribution in [3.63, 3.8) is 0 Å². The maximum absolute atomic E-state index is 12.4. The van der Waals surface area contributed by atoms with Gasteiger partial charge in [-0.05, 0) is 45.5 Å². The maximum Gasteiger partial charge on any atom is 0.241 e. The molecule has 1 saturated heterocycles. The highest BCUT2D eigenvalue weighted by Gasteiger charge is 2.37. The van der Waals surface area contributed by atoms with E-state index in [1.54, 1.807) is 0 Å². The van der Waals surface area contributed by atoms with Crippen LogP contribution in [0.4, 0.5) is 0 Å². The van der Waals surface area contributed by atoms with E-state index in [1.165, 1.54) is 5.56 Å². The van der Waals surface area contributed by atoms with Crippen LogP contribution in [0.15, 0.2) is 24.3 Å². The molecule has 0 spiro atoms. The van der Waals surface area contributed by atoms with Gasteiger partial charge >= 0.3 is 0 Å². The molecule has 1 fully saturated rings. The van der Waals surface area contributed by atoms with Gasteiger partial charge in [0.2, 0.25) is 5.91 Å². The van der Waals surface area contributed by atoms with Gasteiger partial charge in [-0.1, -0.05) is 31.2 Å². The normalized spacial score (nSPS) is 23.9. The molecule has 4 heteroatoms. The van der Waals surface area contributed by atoms with Crippen LogP contribution in [0.2, 0.25) is 0 Å². The van der Waals surface area contributed by atoms with Crippen molar-refractivity contribution in [2.75, 3.05) is 20.6 Å². The number of benzene rings is 1. The Morgan fingerprint density at radius 1 is 1.29 bits per heavy atom. The molecular formula is C17H27N3O. The predicted octanol–water partition coefficient (Wildman–Crippen LogP) is 2.02. The summed E-state index contributed by atoms with van der Waals surface area (Å²) >= 11 is 0. The lowest BCUT2D eigenvalue weighted by molar-refractivity contribution is -0.130. The van der Waals surface area contributed by atoms with Gasteiger partial charge in [0.05, 0.1) is 6.04 Å². The fraction of sp³-hybridized carbons (Fsp3) is 0.588. The van der Waals surface area contributed by atoms with Crippen LogP contribution < -0.4 is 5.32 Å². The van der Waals surface area contributed by atoms with Crippen LogP contribution in [0.1, 0.15) is 38.1 Å². The van der Waals surface area contributed by atoms with Crippen molar-refractivity contribution < 1.29 is 4.79 Å². The molecule has 0 aromatic heterocycles. The van der Waals surface area contributed by atoms with E-state index in [4.69, 9.17) is 0 Å². The summed E-state index contributed by atoms with van der Waals surface area (Å²) < 4.78 is 0. The van der Waals surface area contributed by atoms with E-state index >= 15 is 0 Å². The summed E-state index contributed by atoms with van der Waals surface area (Å²) in [5.74, 6) is 0.188. The number of hydrogen-bond donors (Lipinski definition) is 1. The van der Waals surface area contributed by atoms with Crippen molar-refractivity contribution >= 4 is 5.91 Å². The molecule has 0 bridgehead atoms. The number of hydrogen-bond acceptors (Lipinski definition) is 3. The van der Waals surface area contributed by atoms with Crippen molar-refractivity contribution in [3.05, 3.63) is 35.4 Å². The maximum atomic E-state index is 12.4. The third-order valence-electron chi connectivity index (χ3n) is 4.42. The van der Waals surface area contributed by atoms with Gasteiger partial charge in [0.15, 0.2) is 0 Å². The lowest BCUT2D eigenvalue weighted by atomic mass is 10.1. The average molecular weight is 289 g/mol. The number of nitrogens with one attached hydrogen (secondary N) is 1. The Morgan fingerprint density at radius 2 is 1.90 bits per heavy atom. The van der Waals surface area contributed by atoms with E-state index in [2.05, 4.69) is 48.3 Å². The Labute approximate surface area is 128 Å². The minimum atomic E-state index is -0.116. The van der Waals surface area contributed by atoms with Crippen LogP contribution in [-0.2, 0) is 11.2 Å². The van der Waals surface area contributed by atoms with Gasteiger partial charge in [-0.2, -0.15) is 0 Å². The van der Waals surface area contributed by atoms with Crippen molar-refractivity contribution in [1.29, 1.82) is 0 Å². The highest BCUT2D eigenvalue weighted by Crippen LogP contribution is 2.26. The standard InChI is InChI=1S/C17H27N3O/c1-6-14-7-9-15(10-8-14)16-18-13(3)17(21)20(16)11-12(2)19(4)5/h7-10,12-13,16,18H,6,11H2,1-5H3. The monoisotopic (exact) mass is 289 g/mol. The number of nitrogens with zero attached hydrogens (tertiary/aromatic N) is 2. The van der Waals surface area contributed by atoms with Crippen molar-refractivity contribution in [3.8, 4) is 0 Å². The number of carbonyl (C=O) groups excluding carboxylic acids is 1. The molecule has 2 rings (SSSR count). The summed E-state index contributed by atoms with van der Waals surface area (Å²) in [4.78, 5) is 16.5. The molecule has 1 aliphatic rings. The van der Waals surface area contributed by atoms with Gasteiger partial charge in [-0.3, -0.25) is 10.1 Å². The molecule has 1 heterocycles. The molecule has 1 amide bonds. The zero-order valence-electron chi connectivity index (χ0n) is 13.8. The largest absolute Gasteiger partial charge is 0.320 e. The first kappa shape index (κ1) is 16.0. The predicted molar refractivity (Wildman–Crippen MR) is 86.0 cm³/mol. The fourth-order valence-corrected chi connectivity index (χ4v) is 2.63. The molecule has 21 heavy (non-hydrogen) atoms. The zero-order chi connectivity index (χ0) is 15.6. The molecule has 0 aliphatic carbocycles. The molecule has 3 atom stereocenters. The topological polar surface area (TPSA) is 35.6 Å². The lowest BCUT2D eigenvalue weighted by Crippen LogP contribution is -2.41. The summed E-state index contributed by atoms with van der Waals surface area (Å²) in [6, 6.07) is 8.79. The first-order chi connectivity index (χ1) is 9.93. The first-order valence-corrected chi connectivity index (χ1v) is 7.75. The van der Waals surface area contributed by atoms with Crippen LogP contribution in [0.3, 0.4) is 0 Å². The summed E-state index contributed by atoms with van der Waals surface area (Å²) in [6.07, 6.45) is 1.02. The average Bonchev–Trinajstić information content (AvgIpc) is 2.75. The Hall–Kier alpha value is -1.39. The fourth-order valence-electron chi connectivity index (χ4n) is 2.63. The third-order valence-corrected chi connectivity index (χ3v) is 4.42. The van der Waals surface area contributed by atoms with Crippen LogP contribution >= 0.6 is 0 Å². The van der Waals surface area contributed by atoms with Crippen LogP contribution in [-0.4, -0.2) is 48.4 Å². The number of carbonyl (C=O) groups is 1. The second-order valence-electron chi connectivity index (χ2n) is 6.19. The number of rotatable bonds is 5. The van der Waals surface area contributed by atoms with Gasteiger partial charge < -0.3 is 9.80 Å². The second kappa shape index (κ2) is 6.58. The second-order valence-corrected chi connectivity index (χ2v) is 6.19. The van der Waals surface area contributed by atoms with Crippen molar-refractivity contribution in [1.82, 2.24) is 15.1 Å². The van der Waals surface area contributed by atoms with Gasteiger partial charge in [-0.15, -0.1) is 0 Å². The van der Waals surface area contributed by atoms with Crippen molar-refractivity contribution in [2.24, 2.45) is 0 Å². The van der Waals surface area contributed by atoms with Gasteiger partial charge in [0.25, 0.3) is 0 Å². The van der Waals surface area contributed by atoms with Crippen molar-refractivity contribution in [2.45, 2.75) is 45.4 Å². The van der Waals surface area contributed by atoms with Crippen LogP contribution in [0, 0.1) is 0 Å². The minimum absolute atomic E-state index is 0.0131. The quantitative estimate of drug-likeness (QED) is 0.901. The highest BCUT2D eigenvalue weighted by molar-refractivity contribution is 5.84.